The van der Waals surface area contributed by atoms with Gasteiger partial charge in [0.2, 0.25) is 0 Å². The van der Waals surface area contributed by atoms with E-state index in [2.05, 4.69) is 42.4 Å². The summed E-state index contributed by atoms with van der Waals surface area (Å²) < 4.78 is 7.34. The quantitative estimate of drug-likeness (QED) is 0.136. The molecule has 4 aromatic rings. The largest absolute Gasteiger partial charge is 0.422 e. The van der Waals surface area contributed by atoms with E-state index in [1.807, 2.05) is 36.4 Å². The summed E-state index contributed by atoms with van der Waals surface area (Å²) in [6.45, 7) is 0. The average molecular weight is 552 g/mol. The molecule has 0 fully saturated rings. The van der Waals surface area contributed by atoms with Gasteiger partial charge in [0.1, 0.15) is 5.75 Å². The van der Waals surface area contributed by atoms with E-state index in [0.29, 0.717) is 22.4 Å². The second kappa shape index (κ2) is 9.89. The zero-order valence-corrected chi connectivity index (χ0v) is 19.8. The summed E-state index contributed by atoms with van der Waals surface area (Å²) in [6.07, 6.45) is 1.49. The molecule has 7 heteroatoms. The monoisotopic (exact) mass is 550 g/mol. The number of nitrogens with zero attached hydrogens (tertiary/aromatic N) is 1. The minimum Gasteiger partial charge on any atom is -0.422 e. The third-order valence-electron chi connectivity index (χ3n) is 4.66. The minimum atomic E-state index is -0.486. The number of carbonyl (C=O) groups is 2. The van der Waals surface area contributed by atoms with Crippen LogP contribution in [0.2, 0.25) is 0 Å². The van der Waals surface area contributed by atoms with Gasteiger partial charge in [0, 0.05) is 20.1 Å². The molecule has 0 spiro atoms. The molecule has 158 valence electrons. The van der Waals surface area contributed by atoms with Crippen molar-refractivity contribution in [2.24, 2.45) is 5.10 Å². The van der Waals surface area contributed by atoms with Crippen molar-refractivity contribution in [3.8, 4) is 5.75 Å². The maximum atomic E-state index is 12.7. The van der Waals surface area contributed by atoms with E-state index in [9.17, 15) is 9.59 Å². The number of benzene rings is 4. The molecule has 1 N–H and O–H groups in total. The number of amides is 1. The van der Waals surface area contributed by atoms with Crippen molar-refractivity contribution in [3.05, 3.63) is 111 Å². The fraction of sp³-hybridized carbons (Fsp3) is 0. The number of hydrazone groups is 1. The predicted molar refractivity (Wildman–Crippen MR) is 132 cm³/mol. The summed E-state index contributed by atoms with van der Waals surface area (Å²) in [4.78, 5) is 25.0. The van der Waals surface area contributed by atoms with Gasteiger partial charge in [0.15, 0.2) is 0 Å². The molecule has 0 radical (unpaired) electrons. The smallest absolute Gasteiger partial charge is 0.343 e. The maximum absolute atomic E-state index is 12.7. The highest BCUT2D eigenvalue weighted by Crippen LogP contribution is 2.27. The van der Waals surface area contributed by atoms with Crippen molar-refractivity contribution in [1.82, 2.24) is 5.43 Å². The maximum Gasteiger partial charge on any atom is 0.343 e. The average Bonchev–Trinajstić information content (AvgIpc) is 2.80. The SMILES string of the molecule is O=C(NN=Cc1c(OC(=O)c2ccc(Br)cc2)ccc2ccccc12)c1cccc(Br)c1. The van der Waals surface area contributed by atoms with Crippen LogP contribution in [0.5, 0.6) is 5.75 Å². The van der Waals surface area contributed by atoms with E-state index >= 15 is 0 Å². The lowest BCUT2D eigenvalue weighted by atomic mass is 10.0. The van der Waals surface area contributed by atoms with Crippen LogP contribution in [0.15, 0.2) is 99.0 Å². The van der Waals surface area contributed by atoms with E-state index in [1.54, 1.807) is 48.5 Å². The lowest BCUT2D eigenvalue weighted by Gasteiger charge is -2.10. The Morgan fingerprint density at radius 1 is 0.812 bits per heavy atom. The summed E-state index contributed by atoms with van der Waals surface area (Å²) in [5.41, 5.74) is 4.00. The van der Waals surface area contributed by atoms with Gasteiger partial charge < -0.3 is 4.74 Å². The zero-order valence-electron chi connectivity index (χ0n) is 16.6. The van der Waals surface area contributed by atoms with Crippen molar-refractivity contribution in [1.29, 1.82) is 0 Å². The van der Waals surface area contributed by atoms with Gasteiger partial charge in [-0.05, 0) is 59.3 Å². The molecule has 0 saturated carbocycles. The number of carbonyl (C=O) groups excluding carboxylic acids is 2. The Morgan fingerprint density at radius 3 is 2.38 bits per heavy atom. The molecule has 0 bridgehead atoms. The first-order chi connectivity index (χ1) is 15.5. The Morgan fingerprint density at radius 2 is 1.59 bits per heavy atom. The Bertz CT molecular complexity index is 1330. The molecule has 0 aliphatic rings. The molecule has 5 nitrogen and oxygen atoms in total. The Labute approximate surface area is 201 Å². The first-order valence-corrected chi connectivity index (χ1v) is 11.2. The Kier molecular flexibility index (Phi) is 6.78. The summed E-state index contributed by atoms with van der Waals surface area (Å²) >= 11 is 6.70. The van der Waals surface area contributed by atoms with Crippen LogP contribution in [-0.4, -0.2) is 18.1 Å². The van der Waals surface area contributed by atoms with Crippen LogP contribution in [0.25, 0.3) is 10.8 Å². The summed E-state index contributed by atoms with van der Waals surface area (Å²) in [5, 5.41) is 5.91. The molecule has 4 rings (SSSR count). The van der Waals surface area contributed by atoms with Crippen LogP contribution in [0.1, 0.15) is 26.3 Å². The fourth-order valence-corrected chi connectivity index (χ4v) is 3.76. The first kappa shape index (κ1) is 21.9. The molecule has 0 saturated heterocycles. The molecular weight excluding hydrogens is 536 g/mol. The molecule has 0 aromatic heterocycles. The van der Waals surface area contributed by atoms with Gasteiger partial charge in [0.25, 0.3) is 5.91 Å². The molecule has 0 unspecified atom stereocenters. The molecule has 0 aliphatic heterocycles. The number of hydrogen-bond donors (Lipinski definition) is 1. The van der Waals surface area contributed by atoms with Gasteiger partial charge in [-0.3, -0.25) is 4.79 Å². The summed E-state index contributed by atoms with van der Waals surface area (Å²) in [7, 11) is 0. The molecule has 4 aromatic carbocycles. The number of ether oxygens (including phenoxy) is 1. The number of fused-ring (bicyclic) bond motifs is 1. The second-order valence-electron chi connectivity index (χ2n) is 6.80. The van der Waals surface area contributed by atoms with E-state index in [0.717, 1.165) is 19.7 Å². The van der Waals surface area contributed by atoms with Gasteiger partial charge in [-0.1, -0.05) is 68.3 Å². The first-order valence-electron chi connectivity index (χ1n) is 9.60. The highest BCUT2D eigenvalue weighted by molar-refractivity contribution is 9.10. The summed E-state index contributed by atoms with van der Waals surface area (Å²) in [6, 6.07) is 25.2. The van der Waals surface area contributed by atoms with Crippen molar-refractivity contribution >= 4 is 60.7 Å². The van der Waals surface area contributed by atoms with E-state index in [1.165, 1.54) is 6.21 Å². The van der Waals surface area contributed by atoms with Gasteiger partial charge in [0.05, 0.1) is 11.8 Å². The highest BCUT2D eigenvalue weighted by Gasteiger charge is 2.14. The normalized spacial score (nSPS) is 10.9. The summed E-state index contributed by atoms with van der Waals surface area (Å²) in [5.74, 6) is -0.492. The Hall–Kier alpha value is -3.29. The number of halogens is 2. The number of nitrogens with one attached hydrogen (secondary N) is 1. The number of hydrogen-bond acceptors (Lipinski definition) is 4. The van der Waals surface area contributed by atoms with Crippen LogP contribution in [0, 0.1) is 0 Å². The van der Waals surface area contributed by atoms with Gasteiger partial charge in [-0.25, -0.2) is 10.2 Å². The highest BCUT2D eigenvalue weighted by atomic mass is 79.9. The lowest BCUT2D eigenvalue weighted by Crippen LogP contribution is -2.17. The topological polar surface area (TPSA) is 67.8 Å². The molecule has 0 aliphatic carbocycles. The third kappa shape index (κ3) is 5.12. The molecule has 1 amide bonds. The van der Waals surface area contributed by atoms with E-state index in [-0.39, 0.29) is 5.91 Å². The van der Waals surface area contributed by atoms with Crippen molar-refractivity contribution in [2.45, 2.75) is 0 Å². The van der Waals surface area contributed by atoms with Crippen molar-refractivity contribution in [3.63, 3.8) is 0 Å². The van der Waals surface area contributed by atoms with Crippen LogP contribution in [-0.2, 0) is 0 Å². The van der Waals surface area contributed by atoms with Crippen LogP contribution in [0.4, 0.5) is 0 Å². The zero-order chi connectivity index (χ0) is 22.5. The van der Waals surface area contributed by atoms with E-state index < -0.39 is 5.97 Å². The van der Waals surface area contributed by atoms with Gasteiger partial charge in [-0.2, -0.15) is 5.10 Å². The fourth-order valence-electron chi connectivity index (χ4n) is 3.09. The molecular formula is C25H16Br2N2O3. The standard InChI is InChI=1S/C25H16Br2N2O3/c26-19-11-8-17(9-12-19)25(31)32-23-13-10-16-4-1-2-7-21(16)22(23)15-28-29-24(30)18-5-3-6-20(27)14-18/h1-15H,(H,29,30). The number of esters is 1. The predicted octanol–water partition coefficient (Wildman–Crippen LogP) is 6.35. The third-order valence-corrected chi connectivity index (χ3v) is 5.68. The van der Waals surface area contributed by atoms with Crippen molar-refractivity contribution in [2.75, 3.05) is 0 Å². The number of rotatable bonds is 5. The van der Waals surface area contributed by atoms with Crippen LogP contribution >= 0.6 is 31.9 Å². The Balaban J connectivity index is 1.62. The molecule has 0 atom stereocenters. The minimum absolute atomic E-state index is 0.345. The van der Waals surface area contributed by atoms with Gasteiger partial charge >= 0.3 is 5.97 Å². The lowest BCUT2D eigenvalue weighted by molar-refractivity contribution is 0.0734. The molecule has 32 heavy (non-hydrogen) atoms. The van der Waals surface area contributed by atoms with Crippen LogP contribution < -0.4 is 10.2 Å². The van der Waals surface area contributed by atoms with Crippen LogP contribution in [0.3, 0.4) is 0 Å². The molecule has 0 heterocycles. The van der Waals surface area contributed by atoms with E-state index in [4.69, 9.17) is 4.74 Å². The van der Waals surface area contributed by atoms with Crippen molar-refractivity contribution < 1.29 is 14.3 Å². The van der Waals surface area contributed by atoms with Gasteiger partial charge in [-0.15, -0.1) is 0 Å². The second-order valence-corrected chi connectivity index (χ2v) is 8.64.